The van der Waals surface area contributed by atoms with E-state index < -0.39 is 23.9 Å². The number of rotatable bonds is 4. The number of primary amides is 1. The number of amides is 3. The fourth-order valence-electron chi connectivity index (χ4n) is 0.624. The first-order valence-corrected chi connectivity index (χ1v) is 3.51. The predicted octanol–water partition coefficient (Wildman–Crippen LogP) is -1.63. The molecular formula is C6H11N3O4. The summed E-state index contributed by atoms with van der Waals surface area (Å²) >= 11 is 0. The molecule has 0 aromatic heterocycles. The first-order valence-electron chi connectivity index (χ1n) is 3.51. The van der Waals surface area contributed by atoms with Crippen molar-refractivity contribution < 1.29 is 19.5 Å². The van der Waals surface area contributed by atoms with Gasteiger partial charge in [0, 0.05) is 6.42 Å². The Hall–Kier alpha value is -1.63. The van der Waals surface area contributed by atoms with Gasteiger partial charge in [-0.1, -0.05) is 0 Å². The Balaban J connectivity index is 3.82. The number of hydrogen-bond donors (Lipinski definition) is 4. The lowest BCUT2D eigenvalue weighted by Crippen LogP contribution is -2.45. The smallest absolute Gasteiger partial charge is 0.318 e. The minimum absolute atomic E-state index is 0.0333. The van der Waals surface area contributed by atoms with Crippen LogP contribution in [-0.2, 0) is 9.59 Å². The fraction of sp³-hybridized carbons (Fsp3) is 0.500. The number of aliphatic carboxylic acids is 1. The molecule has 1 atom stereocenters. The summed E-state index contributed by atoms with van der Waals surface area (Å²) in [7, 11) is 0. The van der Waals surface area contributed by atoms with Gasteiger partial charge in [0.2, 0.25) is 5.91 Å². The van der Waals surface area contributed by atoms with Crippen LogP contribution in [0.4, 0.5) is 4.79 Å². The first kappa shape index (κ1) is 11.4. The molecule has 0 saturated carbocycles. The number of nitrogens with two attached hydrogens (primary N) is 2. The Morgan fingerprint density at radius 3 is 2.31 bits per heavy atom. The molecule has 0 bridgehead atoms. The molecule has 0 radical (unpaired) electrons. The normalized spacial score (nSPS) is 11.8. The zero-order valence-corrected chi connectivity index (χ0v) is 6.82. The predicted molar refractivity (Wildman–Crippen MR) is 42.6 cm³/mol. The minimum atomic E-state index is -1.05. The summed E-state index contributed by atoms with van der Waals surface area (Å²) in [6, 6.07) is -2.03. The van der Waals surface area contributed by atoms with Crippen LogP contribution < -0.4 is 16.8 Å². The molecule has 3 amide bonds. The van der Waals surface area contributed by atoms with E-state index in [2.05, 4.69) is 5.73 Å². The molecular weight excluding hydrogens is 178 g/mol. The van der Waals surface area contributed by atoms with Crippen molar-refractivity contribution in [2.45, 2.75) is 18.9 Å². The number of hydrogen-bond acceptors (Lipinski definition) is 4. The Morgan fingerprint density at radius 2 is 1.92 bits per heavy atom. The largest absolute Gasteiger partial charge is 0.481 e. The standard InChI is InChI=1S/C6H11N3O4/c7-3(1-2-4(10)11)5(12)9-6(8)13/h3H,1-2,7H2,(H,10,11)(H3,8,9,12,13)/t3-/m0/s1. The number of nitrogens with one attached hydrogen (secondary N) is 1. The van der Waals surface area contributed by atoms with Crippen molar-refractivity contribution in [3.63, 3.8) is 0 Å². The lowest BCUT2D eigenvalue weighted by molar-refractivity contribution is -0.137. The molecule has 7 heteroatoms. The lowest BCUT2D eigenvalue weighted by atomic mass is 10.1. The fourth-order valence-corrected chi connectivity index (χ4v) is 0.624. The topological polar surface area (TPSA) is 136 Å². The number of carboxylic acids is 1. The van der Waals surface area contributed by atoms with Crippen LogP contribution >= 0.6 is 0 Å². The maximum Gasteiger partial charge on any atom is 0.318 e. The second kappa shape index (κ2) is 5.09. The molecule has 0 aliphatic rings. The van der Waals surface area contributed by atoms with Gasteiger partial charge in [-0.25, -0.2) is 4.79 Å². The molecule has 0 rings (SSSR count). The van der Waals surface area contributed by atoms with Crippen molar-refractivity contribution in [1.29, 1.82) is 0 Å². The molecule has 0 saturated heterocycles. The molecule has 7 nitrogen and oxygen atoms in total. The second-order valence-corrected chi connectivity index (χ2v) is 2.39. The Morgan fingerprint density at radius 1 is 1.38 bits per heavy atom. The molecule has 0 aliphatic heterocycles. The lowest BCUT2D eigenvalue weighted by Gasteiger charge is -2.07. The molecule has 0 heterocycles. The van der Waals surface area contributed by atoms with Gasteiger partial charge in [-0.2, -0.15) is 0 Å². The van der Waals surface area contributed by atoms with E-state index >= 15 is 0 Å². The van der Waals surface area contributed by atoms with Crippen LogP contribution in [-0.4, -0.2) is 29.1 Å². The van der Waals surface area contributed by atoms with E-state index in [0.29, 0.717) is 0 Å². The highest BCUT2D eigenvalue weighted by Crippen LogP contribution is 1.94. The summed E-state index contributed by atoms with van der Waals surface area (Å²) in [6.07, 6.45) is -0.262. The van der Waals surface area contributed by atoms with Crippen LogP contribution in [0, 0.1) is 0 Å². The van der Waals surface area contributed by atoms with Crippen LogP contribution in [0.25, 0.3) is 0 Å². The van der Waals surface area contributed by atoms with Crippen molar-refractivity contribution in [2.75, 3.05) is 0 Å². The quantitative estimate of drug-likeness (QED) is 0.421. The molecule has 0 aromatic rings. The summed E-state index contributed by atoms with van der Waals surface area (Å²) in [5.41, 5.74) is 9.88. The maximum absolute atomic E-state index is 10.8. The van der Waals surface area contributed by atoms with E-state index in [1.54, 1.807) is 5.32 Å². The van der Waals surface area contributed by atoms with Crippen LogP contribution in [0.5, 0.6) is 0 Å². The van der Waals surface area contributed by atoms with Gasteiger partial charge >= 0.3 is 12.0 Å². The minimum Gasteiger partial charge on any atom is -0.481 e. The van der Waals surface area contributed by atoms with Crippen LogP contribution in [0.3, 0.4) is 0 Å². The number of carbonyl (C=O) groups is 3. The molecule has 13 heavy (non-hydrogen) atoms. The molecule has 6 N–H and O–H groups in total. The monoisotopic (exact) mass is 189 g/mol. The summed E-state index contributed by atoms with van der Waals surface area (Å²) < 4.78 is 0. The number of imide groups is 1. The summed E-state index contributed by atoms with van der Waals surface area (Å²) in [6.45, 7) is 0. The van der Waals surface area contributed by atoms with Crippen molar-refractivity contribution in [3.8, 4) is 0 Å². The van der Waals surface area contributed by atoms with Crippen molar-refractivity contribution in [2.24, 2.45) is 11.5 Å². The zero-order valence-electron chi connectivity index (χ0n) is 6.82. The van der Waals surface area contributed by atoms with E-state index in [4.69, 9.17) is 10.8 Å². The summed E-state index contributed by atoms with van der Waals surface area (Å²) in [5.74, 6) is -1.82. The van der Waals surface area contributed by atoms with Crippen LogP contribution in [0.1, 0.15) is 12.8 Å². The van der Waals surface area contributed by atoms with Gasteiger partial charge in [0.05, 0.1) is 6.04 Å². The molecule has 0 aromatic carbocycles. The molecule has 0 spiro atoms. The van der Waals surface area contributed by atoms with Crippen molar-refractivity contribution in [1.82, 2.24) is 5.32 Å². The maximum atomic E-state index is 10.8. The molecule has 74 valence electrons. The molecule has 0 fully saturated rings. The van der Waals surface area contributed by atoms with Gasteiger partial charge < -0.3 is 16.6 Å². The van der Waals surface area contributed by atoms with Crippen molar-refractivity contribution in [3.05, 3.63) is 0 Å². The van der Waals surface area contributed by atoms with Crippen LogP contribution in [0.2, 0.25) is 0 Å². The zero-order chi connectivity index (χ0) is 10.4. The van der Waals surface area contributed by atoms with Gasteiger partial charge in [0.25, 0.3) is 0 Å². The Labute approximate surface area is 74.1 Å². The number of carboxylic acid groups (broad SMARTS) is 1. The molecule has 0 unspecified atom stereocenters. The third-order valence-electron chi connectivity index (χ3n) is 1.25. The van der Waals surface area contributed by atoms with Crippen LogP contribution in [0.15, 0.2) is 0 Å². The SMILES string of the molecule is NC(=O)NC(=O)[C@@H](N)CCC(=O)O. The van der Waals surface area contributed by atoms with Crippen molar-refractivity contribution >= 4 is 17.9 Å². The highest BCUT2D eigenvalue weighted by molar-refractivity contribution is 5.96. The van der Waals surface area contributed by atoms with E-state index in [-0.39, 0.29) is 12.8 Å². The van der Waals surface area contributed by atoms with Gasteiger partial charge in [-0.3, -0.25) is 14.9 Å². The first-order chi connectivity index (χ1) is 5.93. The van der Waals surface area contributed by atoms with E-state index in [1.807, 2.05) is 0 Å². The highest BCUT2D eigenvalue weighted by Gasteiger charge is 2.15. The van der Waals surface area contributed by atoms with Gasteiger partial charge in [-0.05, 0) is 6.42 Å². The van der Waals surface area contributed by atoms with E-state index in [1.165, 1.54) is 0 Å². The highest BCUT2D eigenvalue weighted by atomic mass is 16.4. The van der Waals surface area contributed by atoms with Gasteiger partial charge in [0.1, 0.15) is 0 Å². The number of carbonyl (C=O) groups excluding carboxylic acids is 2. The van der Waals surface area contributed by atoms with Gasteiger partial charge in [0.15, 0.2) is 0 Å². The van der Waals surface area contributed by atoms with E-state index in [9.17, 15) is 14.4 Å². The third kappa shape index (κ3) is 5.62. The van der Waals surface area contributed by atoms with E-state index in [0.717, 1.165) is 0 Å². The Bertz CT molecular complexity index is 228. The van der Waals surface area contributed by atoms with Gasteiger partial charge in [-0.15, -0.1) is 0 Å². The Kier molecular flexibility index (Phi) is 4.45. The summed E-state index contributed by atoms with van der Waals surface area (Å²) in [5, 5.41) is 10.00. The number of urea groups is 1. The second-order valence-electron chi connectivity index (χ2n) is 2.39. The third-order valence-corrected chi connectivity index (χ3v) is 1.25. The summed E-state index contributed by atoms with van der Waals surface area (Å²) in [4.78, 5) is 31.1. The molecule has 0 aliphatic carbocycles. The average molecular weight is 189 g/mol. The average Bonchev–Trinajstić information content (AvgIpc) is 1.98.